The number of rotatable bonds is 14. The maximum absolute atomic E-state index is 2.26. The Morgan fingerprint density at radius 2 is 0.221 bits per heavy atom. The number of hydrogen-bond acceptors (Lipinski definition) is 0. The highest BCUT2D eigenvalue weighted by molar-refractivity contribution is 5.80. The van der Waals surface area contributed by atoms with Gasteiger partial charge in [-0.2, -0.15) is 0 Å². The second kappa shape index (κ2) is 51.0. The van der Waals surface area contributed by atoms with E-state index in [2.05, 4.69) is 595 Å². The second-order valence-electron chi connectivity index (χ2n) is 35.2. The normalized spacial score (nSPS) is 10.3. The van der Waals surface area contributed by atoms with Crippen molar-refractivity contribution in [1.29, 1.82) is 0 Å². The van der Waals surface area contributed by atoms with E-state index in [0.29, 0.717) is 0 Å². The van der Waals surface area contributed by atoms with E-state index in [1.54, 1.807) is 0 Å². The van der Waals surface area contributed by atoms with E-state index < -0.39 is 0 Å². The lowest BCUT2D eigenvalue weighted by atomic mass is 9.97. The summed E-state index contributed by atoms with van der Waals surface area (Å²) in [5.41, 5.74) is 46.1. The minimum atomic E-state index is 1.26. The fraction of sp³-hybridized carbons (Fsp3) is 0.0571. The average Bonchev–Trinajstić information content (AvgIpc) is 0.910. The first kappa shape index (κ1) is 97.4. The van der Waals surface area contributed by atoms with Crippen LogP contribution in [0.4, 0.5) is 0 Å². The quantitative estimate of drug-likeness (QED) is 0.102. The Morgan fingerprint density at radius 1 is 0.0786 bits per heavy atom. The summed E-state index contributed by atoms with van der Waals surface area (Å²) in [6.45, 7) is 17.0. The van der Waals surface area contributed by atoms with E-state index in [1.807, 2.05) is 42.5 Å². The first-order chi connectivity index (χ1) is 68.7. The van der Waals surface area contributed by atoms with E-state index in [4.69, 9.17) is 0 Å². The lowest BCUT2D eigenvalue weighted by Gasteiger charge is -2.08. The van der Waals surface area contributed by atoms with Gasteiger partial charge in [-0.15, -0.1) is 0 Å². The smallest absolute Gasteiger partial charge is 0.0155 e. The predicted octanol–water partition coefficient (Wildman–Crippen LogP) is 39.3. The maximum atomic E-state index is 2.26. The van der Waals surface area contributed by atoms with E-state index in [1.165, 1.54) is 200 Å². The molecule has 0 N–H and O–H groups in total. The fourth-order valence-electron chi connectivity index (χ4n) is 16.8. The summed E-state index contributed by atoms with van der Waals surface area (Å²) in [4.78, 5) is 0. The minimum absolute atomic E-state index is 1.26. The zero-order valence-corrected chi connectivity index (χ0v) is 81.4. The van der Waals surface area contributed by atoms with Gasteiger partial charge in [-0.25, -0.2) is 0 Å². The molecule has 0 nitrogen and oxygen atoms in total. The Balaban J connectivity index is 0.000000121. The molecular weight excluding hydrogens is 1680 g/mol. The van der Waals surface area contributed by atoms with Crippen molar-refractivity contribution in [3.63, 3.8) is 0 Å². The molecule has 140 heavy (non-hydrogen) atoms. The Hall–Kier alpha value is -17.2. The van der Waals surface area contributed by atoms with Crippen LogP contribution in [0.25, 0.3) is 156 Å². The monoisotopic (exact) mass is 1800 g/mol. The van der Waals surface area contributed by atoms with Crippen LogP contribution >= 0.6 is 0 Å². The summed E-state index contributed by atoms with van der Waals surface area (Å²) in [6, 6.07) is 205. The highest BCUT2D eigenvalue weighted by Crippen LogP contribution is 2.35. The zero-order chi connectivity index (χ0) is 96.7. The van der Waals surface area contributed by atoms with Crippen LogP contribution in [0.15, 0.2) is 582 Å². The molecule has 0 amide bonds. The summed E-state index contributed by atoms with van der Waals surface area (Å²) in [5, 5.41) is 0. The Labute approximate surface area is 832 Å². The van der Waals surface area contributed by atoms with Gasteiger partial charge in [0.1, 0.15) is 0 Å². The molecule has 0 aromatic heterocycles. The van der Waals surface area contributed by atoms with Crippen molar-refractivity contribution < 1.29 is 0 Å². The average molecular weight is 1800 g/mol. The summed E-state index contributed by atoms with van der Waals surface area (Å²) in [5.74, 6) is 0. The van der Waals surface area contributed by atoms with Crippen LogP contribution in [0.1, 0.15) is 44.5 Å². The molecule has 0 aliphatic carbocycles. The van der Waals surface area contributed by atoms with Gasteiger partial charge in [0.25, 0.3) is 0 Å². The van der Waals surface area contributed by atoms with Gasteiger partial charge in [-0.1, -0.05) is 592 Å². The first-order valence-electron chi connectivity index (χ1n) is 48.3. The SMILES string of the molecule is Cc1cc(-c2ccccc2)cc(-c2ccccc2)c1.Cc1ccc(-c2ccc(-c3ccccc3)cc2)cc1.Cc1ccc(-c2cccc(-c3ccccc3)c2)cc1.Cc1cccc(-c2ccc(-c3ccccc3)cc2)c1.Cc1cccc(-c2cccc(-c3ccccc3)c2)c1.Cc1cccc(-c2ccccc2)c1.Cc1ccccc1-c1ccc(-c2ccccc2)cc1.Cc1ccccc1-c1ccccc1. The van der Waals surface area contributed by atoms with Gasteiger partial charge in [0, 0.05) is 0 Å². The molecule has 0 heterocycles. The topological polar surface area (TPSA) is 0 Å². The molecule has 0 aliphatic rings. The molecule has 0 radical (unpaired) electrons. The van der Waals surface area contributed by atoms with Crippen LogP contribution in [0.5, 0.6) is 0 Å². The van der Waals surface area contributed by atoms with Crippen molar-refractivity contribution in [3.8, 4) is 156 Å². The Morgan fingerprint density at radius 3 is 0.471 bits per heavy atom. The van der Waals surface area contributed by atoms with Crippen molar-refractivity contribution in [1.82, 2.24) is 0 Å². The zero-order valence-electron chi connectivity index (χ0n) is 81.4. The molecule has 0 heteroatoms. The Kier molecular flexibility index (Phi) is 35.5. The third kappa shape index (κ3) is 29.0. The molecule has 22 aromatic carbocycles. The van der Waals surface area contributed by atoms with Gasteiger partial charge < -0.3 is 0 Å². The summed E-state index contributed by atoms with van der Waals surface area (Å²) in [7, 11) is 0. The van der Waals surface area contributed by atoms with Crippen molar-refractivity contribution in [2.45, 2.75) is 55.4 Å². The number of benzene rings is 22. The van der Waals surface area contributed by atoms with Gasteiger partial charge in [0.2, 0.25) is 0 Å². The van der Waals surface area contributed by atoms with Crippen LogP contribution < -0.4 is 0 Å². The molecule has 0 unspecified atom stereocenters. The predicted molar refractivity (Wildman–Crippen MR) is 606 cm³/mol. The lowest BCUT2D eigenvalue weighted by Crippen LogP contribution is -1.84. The van der Waals surface area contributed by atoms with Crippen molar-refractivity contribution in [3.05, 3.63) is 627 Å². The summed E-state index contributed by atoms with van der Waals surface area (Å²) >= 11 is 0. The Bertz CT molecular complexity index is 7410. The van der Waals surface area contributed by atoms with Gasteiger partial charge in [-0.05, 0) is 246 Å². The van der Waals surface area contributed by atoms with Crippen molar-refractivity contribution in [2.24, 2.45) is 0 Å². The van der Waals surface area contributed by atoms with Crippen LogP contribution in [-0.4, -0.2) is 0 Å². The van der Waals surface area contributed by atoms with E-state index in [9.17, 15) is 0 Å². The second-order valence-corrected chi connectivity index (χ2v) is 35.2. The molecule has 680 valence electrons. The molecule has 0 aliphatic heterocycles. The molecule has 0 saturated carbocycles. The van der Waals surface area contributed by atoms with E-state index in [0.717, 1.165) is 0 Å². The highest BCUT2D eigenvalue weighted by atomic mass is 14.2. The van der Waals surface area contributed by atoms with E-state index in [-0.39, 0.29) is 0 Å². The minimum Gasteiger partial charge on any atom is -0.0622 e. The molecule has 0 fully saturated rings. The van der Waals surface area contributed by atoms with Crippen LogP contribution in [0.2, 0.25) is 0 Å². The van der Waals surface area contributed by atoms with Gasteiger partial charge in [-0.3, -0.25) is 0 Å². The molecule has 0 bridgehead atoms. The number of aryl methyl sites for hydroxylation is 8. The molecule has 22 aromatic rings. The molecule has 0 saturated heterocycles. The first-order valence-corrected chi connectivity index (χ1v) is 48.3. The van der Waals surface area contributed by atoms with Gasteiger partial charge >= 0.3 is 0 Å². The lowest BCUT2D eigenvalue weighted by molar-refractivity contribution is 1.46. The standard InChI is InChI=1S/6C19H16.2C13H12/c1-15-12-18(16-8-4-2-5-9-16)14-19(13-15)17-10-6-3-7-11-17;1-15-7-5-10-17(13-15)19-12-6-11-18(14-19)16-8-3-2-4-9-16;1-15-7-5-6-10-19(15)18-13-11-17(12-14-18)16-8-3-2-4-9-16;1-15-6-5-9-19(14-15)18-12-10-17(11-13-18)16-7-3-2-4-8-16;1-15-10-12-17(13-11-15)19-9-5-8-18(14-19)16-6-3-2-4-7-16;1-15-7-9-17(10-8-15)19-13-11-18(12-14-19)16-5-3-2-4-6-16;1-11-7-5-6-10-13(11)12-8-3-2-4-9-12;1-11-6-5-9-13(10-11)12-7-3-2-4-8-12/h6*2-14H,1H3;2*2-10H,1H3. The fourth-order valence-corrected chi connectivity index (χ4v) is 16.8. The van der Waals surface area contributed by atoms with Crippen LogP contribution in [-0.2, 0) is 0 Å². The number of hydrogen-bond donors (Lipinski definition) is 0. The van der Waals surface area contributed by atoms with Gasteiger partial charge in [0.15, 0.2) is 0 Å². The summed E-state index contributed by atoms with van der Waals surface area (Å²) < 4.78 is 0. The third-order valence-electron chi connectivity index (χ3n) is 24.5. The van der Waals surface area contributed by atoms with Crippen molar-refractivity contribution in [2.75, 3.05) is 0 Å². The van der Waals surface area contributed by atoms with E-state index >= 15 is 0 Å². The third-order valence-corrected chi connectivity index (χ3v) is 24.5. The largest absolute Gasteiger partial charge is 0.0622 e. The molecular formula is C140H120. The van der Waals surface area contributed by atoms with Crippen molar-refractivity contribution >= 4 is 0 Å². The molecule has 22 rings (SSSR count). The molecule has 0 atom stereocenters. The summed E-state index contributed by atoms with van der Waals surface area (Å²) in [6.07, 6.45) is 0. The van der Waals surface area contributed by atoms with Crippen LogP contribution in [0.3, 0.4) is 0 Å². The van der Waals surface area contributed by atoms with Gasteiger partial charge in [0.05, 0.1) is 0 Å². The maximum Gasteiger partial charge on any atom is -0.0155 e. The highest BCUT2D eigenvalue weighted by Gasteiger charge is 2.10. The molecule has 0 spiro atoms. The van der Waals surface area contributed by atoms with Crippen LogP contribution in [0, 0.1) is 55.4 Å².